The molecule has 2 nitrogen and oxygen atoms in total. The molecule has 0 aromatic heterocycles. The summed E-state index contributed by atoms with van der Waals surface area (Å²) in [5.41, 5.74) is 1.26. The third kappa shape index (κ3) is 3.87. The molecular weight excluding hydrogens is 305 g/mol. The standard InChI is InChI=1S/C14H10Cl3NO/c15-10-5-6-12(17)13(8-10)18-14(19)7-9-3-1-2-4-11(9)16/h1-6,8H,7H2,(H,18,19). The summed E-state index contributed by atoms with van der Waals surface area (Å²) in [6, 6.07) is 12.1. The third-order valence-electron chi connectivity index (χ3n) is 2.51. The normalized spacial score (nSPS) is 10.3. The lowest BCUT2D eigenvalue weighted by Gasteiger charge is -2.08. The number of benzene rings is 2. The first kappa shape index (κ1) is 14.2. The van der Waals surface area contributed by atoms with Crippen LogP contribution in [-0.2, 0) is 11.2 Å². The van der Waals surface area contributed by atoms with Gasteiger partial charge in [-0.15, -0.1) is 0 Å². The summed E-state index contributed by atoms with van der Waals surface area (Å²) in [6.07, 6.45) is 0.183. The molecule has 0 spiro atoms. The summed E-state index contributed by atoms with van der Waals surface area (Å²) in [5.74, 6) is -0.197. The van der Waals surface area contributed by atoms with Crippen LogP contribution in [0, 0.1) is 0 Å². The van der Waals surface area contributed by atoms with Gasteiger partial charge in [0.15, 0.2) is 0 Å². The van der Waals surface area contributed by atoms with Crippen molar-refractivity contribution in [2.45, 2.75) is 6.42 Å². The van der Waals surface area contributed by atoms with Crippen molar-refractivity contribution in [3.8, 4) is 0 Å². The van der Waals surface area contributed by atoms with Gasteiger partial charge in [-0.05, 0) is 29.8 Å². The minimum atomic E-state index is -0.197. The lowest BCUT2D eigenvalue weighted by Crippen LogP contribution is -2.14. The summed E-state index contributed by atoms with van der Waals surface area (Å²) in [6.45, 7) is 0. The van der Waals surface area contributed by atoms with E-state index in [-0.39, 0.29) is 12.3 Å². The Hall–Kier alpha value is -1.22. The molecule has 1 amide bonds. The number of rotatable bonds is 3. The number of halogens is 3. The average molecular weight is 315 g/mol. The van der Waals surface area contributed by atoms with Crippen LogP contribution in [0.2, 0.25) is 15.1 Å². The molecule has 0 fully saturated rings. The van der Waals surface area contributed by atoms with Gasteiger partial charge >= 0.3 is 0 Å². The van der Waals surface area contributed by atoms with E-state index in [4.69, 9.17) is 34.8 Å². The van der Waals surface area contributed by atoms with Crippen LogP contribution in [-0.4, -0.2) is 5.91 Å². The molecule has 19 heavy (non-hydrogen) atoms. The topological polar surface area (TPSA) is 29.1 Å². The molecule has 0 radical (unpaired) electrons. The molecule has 0 atom stereocenters. The van der Waals surface area contributed by atoms with Crippen molar-refractivity contribution < 1.29 is 4.79 Å². The molecule has 1 N–H and O–H groups in total. The molecule has 0 saturated heterocycles. The summed E-state index contributed by atoms with van der Waals surface area (Å²) in [7, 11) is 0. The minimum Gasteiger partial charge on any atom is -0.324 e. The molecule has 5 heteroatoms. The molecule has 0 heterocycles. The molecular formula is C14H10Cl3NO. The number of hydrogen-bond acceptors (Lipinski definition) is 1. The van der Waals surface area contributed by atoms with Gasteiger partial charge in [0.1, 0.15) is 0 Å². The third-order valence-corrected chi connectivity index (χ3v) is 3.44. The number of hydrogen-bond donors (Lipinski definition) is 1. The molecule has 0 aliphatic rings. The van der Waals surface area contributed by atoms with Crippen molar-refractivity contribution in [3.63, 3.8) is 0 Å². The molecule has 98 valence electrons. The highest BCUT2D eigenvalue weighted by atomic mass is 35.5. The van der Waals surface area contributed by atoms with Gasteiger partial charge in [-0.1, -0.05) is 53.0 Å². The highest BCUT2D eigenvalue weighted by Crippen LogP contribution is 2.25. The number of carbonyl (C=O) groups is 1. The maximum Gasteiger partial charge on any atom is 0.228 e. The highest BCUT2D eigenvalue weighted by molar-refractivity contribution is 6.35. The number of nitrogens with one attached hydrogen (secondary N) is 1. The molecule has 2 aromatic rings. The molecule has 0 aliphatic heterocycles. The van der Waals surface area contributed by atoms with E-state index in [1.54, 1.807) is 24.3 Å². The van der Waals surface area contributed by atoms with Crippen LogP contribution in [0.5, 0.6) is 0 Å². The number of anilines is 1. The van der Waals surface area contributed by atoms with Gasteiger partial charge in [-0.3, -0.25) is 4.79 Å². The van der Waals surface area contributed by atoms with Crippen LogP contribution < -0.4 is 5.32 Å². The predicted octanol–water partition coefficient (Wildman–Crippen LogP) is 4.83. The van der Waals surface area contributed by atoms with E-state index in [0.29, 0.717) is 20.8 Å². The second kappa shape index (κ2) is 6.29. The average Bonchev–Trinajstić information content (AvgIpc) is 2.37. The minimum absolute atomic E-state index is 0.183. The van der Waals surface area contributed by atoms with E-state index < -0.39 is 0 Å². The predicted molar refractivity (Wildman–Crippen MR) is 80.2 cm³/mol. The Morgan fingerprint density at radius 3 is 2.47 bits per heavy atom. The van der Waals surface area contributed by atoms with Crippen LogP contribution in [0.4, 0.5) is 5.69 Å². The summed E-state index contributed by atoms with van der Waals surface area (Å²) >= 11 is 17.8. The lowest BCUT2D eigenvalue weighted by molar-refractivity contribution is -0.115. The smallest absolute Gasteiger partial charge is 0.228 e. The molecule has 0 unspecified atom stereocenters. The van der Waals surface area contributed by atoms with E-state index >= 15 is 0 Å². The van der Waals surface area contributed by atoms with Crippen molar-refractivity contribution in [1.29, 1.82) is 0 Å². The Kier molecular flexibility index (Phi) is 4.70. The Morgan fingerprint density at radius 2 is 1.74 bits per heavy atom. The van der Waals surface area contributed by atoms with Crippen molar-refractivity contribution in [2.24, 2.45) is 0 Å². The lowest BCUT2D eigenvalue weighted by atomic mass is 10.1. The first-order valence-electron chi connectivity index (χ1n) is 5.54. The Bertz CT molecular complexity index is 613. The van der Waals surface area contributed by atoms with Crippen LogP contribution in [0.1, 0.15) is 5.56 Å². The number of amides is 1. The quantitative estimate of drug-likeness (QED) is 0.864. The number of carbonyl (C=O) groups excluding carboxylic acids is 1. The molecule has 0 bridgehead atoms. The van der Waals surface area contributed by atoms with Gasteiger partial charge in [-0.25, -0.2) is 0 Å². The Labute approximate surface area is 126 Å². The maximum atomic E-state index is 11.9. The zero-order valence-corrected chi connectivity index (χ0v) is 12.1. The van der Waals surface area contributed by atoms with Gasteiger partial charge < -0.3 is 5.32 Å². The monoisotopic (exact) mass is 313 g/mol. The van der Waals surface area contributed by atoms with E-state index in [1.165, 1.54) is 0 Å². The van der Waals surface area contributed by atoms with E-state index in [2.05, 4.69) is 5.32 Å². The van der Waals surface area contributed by atoms with Crippen molar-refractivity contribution in [1.82, 2.24) is 0 Å². The van der Waals surface area contributed by atoms with E-state index in [0.717, 1.165) is 5.56 Å². The maximum absolute atomic E-state index is 11.9. The summed E-state index contributed by atoms with van der Waals surface area (Å²) in [5, 5.41) is 4.23. The van der Waals surface area contributed by atoms with Crippen molar-refractivity contribution in [3.05, 3.63) is 63.1 Å². The summed E-state index contributed by atoms with van der Waals surface area (Å²) < 4.78 is 0. The molecule has 2 rings (SSSR count). The van der Waals surface area contributed by atoms with Crippen molar-refractivity contribution in [2.75, 3.05) is 5.32 Å². The van der Waals surface area contributed by atoms with E-state index in [9.17, 15) is 4.79 Å². The van der Waals surface area contributed by atoms with Gasteiger partial charge in [0, 0.05) is 10.0 Å². The molecule has 0 aliphatic carbocycles. The van der Waals surface area contributed by atoms with Crippen molar-refractivity contribution >= 4 is 46.4 Å². The highest BCUT2D eigenvalue weighted by Gasteiger charge is 2.09. The van der Waals surface area contributed by atoms with Gasteiger partial charge in [0.05, 0.1) is 17.1 Å². The summed E-state index contributed by atoms with van der Waals surface area (Å²) in [4.78, 5) is 11.9. The second-order valence-electron chi connectivity index (χ2n) is 3.94. The van der Waals surface area contributed by atoms with E-state index in [1.807, 2.05) is 18.2 Å². The SMILES string of the molecule is O=C(Cc1ccccc1Cl)Nc1cc(Cl)ccc1Cl. The fourth-order valence-corrected chi connectivity index (χ4v) is 2.14. The second-order valence-corrected chi connectivity index (χ2v) is 5.19. The van der Waals surface area contributed by atoms with Gasteiger partial charge in [-0.2, -0.15) is 0 Å². The molecule has 0 saturated carbocycles. The van der Waals surface area contributed by atoms with Crippen LogP contribution in [0.3, 0.4) is 0 Å². The fraction of sp³-hybridized carbons (Fsp3) is 0.0714. The fourth-order valence-electron chi connectivity index (χ4n) is 1.60. The van der Waals surface area contributed by atoms with Crippen LogP contribution >= 0.6 is 34.8 Å². The Balaban J connectivity index is 2.10. The molecule has 2 aromatic carbocycles. The Morgan fingerprint density at radius 1 is 1.00 bits per heavy atom. The van der Waals surface area contributed by atoms with Crippen LogP contribution in [0.25, 0.3) is 0 Å². The zero-order valence-electron chi connectivity index (χ0n) is 9.79. The van der Waals surface area contributed by atoms with Crippen LogP contribution in [0.15, 0.2) is 42.5 Å². The van der Waals surface area contributed by atoms with Gasteiger partial charge in [0.25, 0.3) is 0 Å². The zero-order chi connectivity index (χ0) is 13.8. The van der Waals surface area contributed by atoms with Gasteiger partial charge in [0.2, 0.25) is 5.91 Å². The largest absolute Gasteiger partial charge is 0.324 e. The first-order valence-corrected chi connectivity index (χ1v) is 6.68. The first-order chi connectivity index (χ1) is 9.06.